The second kappa shape index (κ2) is 8.20. The van der Waals surface area contributed by atoms with Crippen LogP contribution in [0.2, 0.25) is 5.02 Å². The van der Waals surface area contributed by atoms with Crippen LogP contribution in [-0.4, -0.2) is 38.8 Å². The van der Waals surface area contributed by atoms with E-state index in [9.17, 15) is 4.79 Å². The van der Waals surface area contributed by atoms with Gasteiger partial charge in [-0.15, -0.1) is 0 Å². The van der Waals surface area contributed by atoms with Crippen molar-refractivity contribution in [1.82, 2.24) is 25.0 Å². The summed E-state index contributed by atoms with van der Waals surface area (Å²) in [5, 5.41) is 9.07. The van der Waals surface area contributed by atoms with Crippen molar-refractivity contribution < 1.29 is 4.79 Å². The summed E-state index contributed by atoms with van der Waals surface area (Å²) in [6.45, 7) is 2.39. The van der Waals surface area contributed by atoms with Gasteiger partial charge in [-0.3, -0.25) is 9.67 Å². The maximum atomic E-state index is 13.5. The highest BCUT2D eigenvalue weighted by Gasteiger charge is 2.49. The lowest BCUT2D eigenvalue weighted by Gasteiger charge is -2.44. The van der Waals surface area contributed by atoms with Crippen LogP contribution in [0.3, 0.4) is 0 Å². The second-order valence-corrected chi connectivity index (χ2v) is 11.3. The normalized spacial score (nSPS) is 23.4. The molecule has 3 aromatic rings. The van der Waals surface area contributed by atoms with Crippen molar-refractivity contribution >= 4 is 23.7 Å². The fourth-order valence-electron chi connectivity index (χ4n) is 6.63. The summed E-state index contributed by atoms with van der Waals surface area (Å²) in [5.41, 5.74) is 6.38. The molecule has 7 rings (SSSR count). The molecule has 0 radical (unpaired) electrons. The number of pyridine rings is 1. The van der Waals surface area contributed by atoms with Crippen LogP contribution in [-0.2, 0) is 23.9 Å². The van der Waals surface area contributed by atoms with Crippen LogP contribution in [0.25, 0.3) is 17.3 Å². The van der Waals surface area contributed by atoms with Crippen LogP contribution >= 0.6 is 11.6 Å². The van der Waals surface area contributed by atoms with Crippen molar-refractivity contribution in [2.24, 2.45) is 0 Å². The van der Waals surface area contributed by atoms with Gasteiger partial charge in [0.05, 0.1) is 16.9 Å². The van der Waals surface area contributed by atoms with Crippen molar-refractivity contribution in [3.05, 3.63) is 76.2 Å². The average Bonchev–Trinajstić information content (AvgIpc) is 3.58. The predicted molar refractivity (Wildman–Crippen MR) is 141 cm³/mol. The van der Waals surface area contributed by atoms with Gasteiger partial charge in [0.1, 0.15) is 0 Å². The lowest BCUT2D eigenvalue weighted by molar-refractivity contribution is 0.154. The van der Waals surface area contributed by atoms with Crippen molar-refractivity contribution in [3.8, 4) is 11.3 Å². The Morgan fingerprint density at radius 3 is 2.78 bits per heavy atom. The van der Waals surface area contributed by atoms with E-state index in [1.807, 2.05) is 29.3 Å². The number of allylic oxidation sites excluding steroid dienone is 1. The average molecular weight is 500 g/mol. The number of halogens is 1. The summed E-state index contributed by atoms with van der Waals surface area (Å²) in [6.07, 6.45) is 13.3. The number of rotatable bonds is 3. The Labute approximate surface area is 216 Å². The highest BCUT2D eigenvalue weighted by atomic mass is 35.5. The van der Waals surface area contributed by atoms with Gasteiger partial charge in [-0.2, -0.15) is 5.10 Å². The molecular formula is C29H30ClN5O. The third kappa shape index (κ3) is 3.41. The second-order valence-electron chi connectivity index (χ2n) is 10.9. The Hall–Kier alpha value is -3.12. The molecule has 4 heterocycles. The molecule has 184 valence electrons. The van der Waals surface area contributed by atoms with Crippen molar-refractivity contribution in [2.75, 3.05) is 13.1 Å². The quantitative estimate of drug-likeness (QED) is 0.503. The van der Waals surface area contributed by atoms with E-state index in [0.29, 0.717) is 0 Å². The lowest BCUT2D eigenvalue weighted by atomic mass is 9.72. The Bertz CT molecular complexity index is 1390. The topological polar surface area (TPSA) is 63.1 Å². The zero-order chi connectivity index (χ0) is 24.3. The molecule has 1 saturated carbocycles. The largest absolute Gasteiger partial charge is 0.328 e. The molecule has 1 unspecified atom stereocenters. The van der Waals surface area contributed by atoms with E-state index in [1.54, 1.807) is 0 Å². The molecule has 2 aliphatic heterocycles. The number of aromatic nitrogens is 3. The number of benzene rings is 1. The van der Waals surface area contributed by atoms with Gasteiger partial charge in [0.15, 0.2) is 0 Å². The number of likely N-dealkylation sites (tertiary alicyclic amines) is 1. The molecule has 2 aliphatic carbocycles. The standard InChI is InChI=1S/C29H30ClN5O/c30-23-8-3-2-7-22(23)29(10-5-11-29)32-27(36)34-14-12-28(19-34)13-15-35-26(28)17-25(33-35)21-16-20-6-1-4-9-24(20)31-18-21/h2-4,7-9,16-18H,1,5-6,10-15,19H2,(H,32,36). The van der Waals surface area contributed by atoms with Gasteiger partial charge in [0.25, 0.3) is 0 Å². The minimum absolute atomic E-state index is 0.0237. The molecule has 36 heavy (non-hydrogen) atoms. The van der Waals surface area contributed by atoms with E-state index in [-0.39, 0.29) is 17.0 Å². The fourth-order valence-corrected chi connectivity index (χ4v) is 6.95. The molecule has 0 bridgehead atoms. The summed E-state index contributed by atoms with van der Waals surface area (Å²) in [6, 6.07) is 12.4. The van der Waals surface area contributed by atoms with Gasteiger partial charge in [0, 0.05) is 47.5 Å². The molecule has 4 aliphatic rings. The van der Waals surface area contributed by atoms with Gasteiger partial charge in [-0.25, -0.2) is 4.79 Å². The summed E-state index contributed by atoms with van der Waals surface area (Å²) in [5.74, 6) is 0. The van der Waals surface area contributed by atoms with Gasteiger partial charge in [-0.05, 0) is 80.3 Å². The Kier molecular flexibility index (Phi) is 5.04. The van der Waals surface area contributed by atoms with Crippen LogP contribution in [0.1, 0.15) is 61.0 Å². The first kappa shape index (κ1) is 22.1. The van der Waals surface area contributed by atoms with Crippen molar-refractivity contribution in [1.29, 1.82) is 0 Å². The molecule has 1 saturated heterocycles. The Morgan fingerprint density at radius 1 is 1.08 bits per heavy atom. The molecule has 2 amide bonds. The number of aryl methyl sites for hydroxylation is 2. The molecule has 1 atom stereocenters. The molecule has 2 aromatic heterocycles. The van der Waals surface area contributed by atoms with Crippen LogP contribution < -0.4 is 5.32 Å². The number of nitrogens with zero attached hydrogens (tertiary/aromatic N) is 4. The van der Waals surface area contributed by atoms with Crippen molar-refractivity contribution in [2.45, 2.75) is 62.4 Å². The van der Waals surface area contributed by atoms with E-state index in [4.69, 9.17) is 16.7 Å². The number of amides is 2. The summed E-state index contributed by atoms with van der Waals surface area (Å²) in [4.78, 5) is 20.2. The number of hydrogen-bond donors (Lipinski definition) is 1. The SMILES string of the molecule is O=C(NC1(c2ccccc2Cl)CCC1)N1CCC2(CCn3nc(-c4cnc5c(c4)CCC=C5)cc32)C1. The summed E-state index contributed by atoms with van der Waals surface area (Å²) >= 11 is 6.53. The molecule has 1 spiro atoms. The fraction of sp³-hybridized carbons (Fsp3) is 0.414. The van der Waals surface area contributed by atoms with Crippen LogP contribution in [0.5, 0.6) is 0 Å². The number of nitrogens with one attached hydrogen (secondary N) is 1. The number of hydrogen-bond acceptors (Lipinski definition) is 3. The van der Waals surface area contributed by atoms with Crippen LogP contribution in [0, 0.1) is 0 Å². The van der Waals surface area contributed by atoms with E-state index >= 15 is 0 Å². The molecule has 7 heteroatoms. The van der Waals surface area contributed by atoms with Crippen LogP contribution in [0.4, 0.5) is 4.79 Å². The van der Waals surface area contributed by atoms with Gasteiger partial charge in [0.2, 0.25) is 0 Å². The lowest BCUT2D eigenvalue weighted by Crippen LogP contribution is -2.55. The molecular weight excluding hydrogens is 470 g/mol. The Morgan fingerprint density at radius 2 is 1.94 bits per heavy atom. The molecule has 1 aromatic carbocycles. The monoisotopic (exact) mass is 499 g/mol. The zero-order valence-corrected chi connectivity index (χ0v) is 21.1. The zero-order valence-electron chi connectivity index (χ0n) is 20.3. The Balaban J connectivity index is 1.11. The van der Waals surface area contributed by atoms with E-state index in [0.717, 1.165) is 92.1 Å². The third-order valence-corrected chi connectivity index (χ3v) is 9.19. The minimum Gasteiger partial charge on any atom is -0.328 e. The number of urea groups is 1. The molecule has 1 N–H and O–H groups in total. The molecule has 2 fully saturated rings. The van der Waals surface area contributed by atoms with E-state index in [2.05, 4.69) is 45.3 Å². The maximum absolute atomic E-state index is 13.5. The third-order valence-electron chi connectivity index (χ3n) is 8.86. The van der Waals surface area contributed by atoms with E-state index in [1.165, 1.54) is 11.3 Å². The predicted octanol–water partition coefficient (Wildman–Crippen LogP) is 5.69. The summed E-state index contributed by atoms with van der Waals surface area (Å²) < 4.78 is 2.16. The summed E-state index contributed by atoms with van der Waals surface area (Å²) in [7, 11) is 0. The van der Waals surface area contributed by atoms with Gasteiger partial charge in [-0.1, -0.05) is 35.9 Å². The first-order chi connectivity index (χ1) is 17.6. The number of fused-ring (bicyclic) bond motifs is 3. The first-order valence-electron chi connectivity index (χ1n) is 13.1. The number of carbonyl (C=O) groups excluding carboxylic acids is 1. The van der Waals surface area contributed by atoms with Gasteiger partial charge < -0.3 is 10.2 Å². The highest BCUT2D eigenvalue weighted by molar-refractivity contribution is 6.31. The van der Waals surface area contributed by atoms with Gasteiger partial charge >= 0.3 is 6.03 Å². The van der Waals surface area contributed by atoms with Crippen LogP contribution in [0.15, 0.2) is 48.7 Å². The minimum atomic E-state index is -0.343. The number of carbonyl (C=O) groups is 1. The van der Waals surface area contributed by atoms with E-state index < -0.39 is 0 Å². The maximum Gasteiger partial charge on any atom is 0.318 e. The molecule has 6 nitrogen and oxygen atoms in total. The smallest absolute Gasteiger partial charge is 0.318 e. The highest BCUT2D eigenvalue weighted by Crippen LogP contribution is 2.46. The first-order valence-corrected chi connectivity index (χ1v) is 13.5. The van der Waals surface area contributed by atoms with Crippen molar-refractivity contribution in [3.63, 3.8) is 0 Å².